The van der Waals surface area contributed by atoms with E-state index in [2.05, 4.69) is 10.5 Å². The zero-order valence-electron chi connectivity index (χ0n) is 17.1. The molecule has 0 spiro atoms. The van der Waals surface area contributed by atoms with E-state index in [4.69, 9.17) is 0 Å². The van der Waals surface area contributed by atoms with Gasteiger partial charge in [-0.15, -0.1) is 0 Å². The molecule has 5 nitrogen and oxygen atoms in total. The Labute approximate surface area is 178 Å². The first-order valence-corrected chi connectivity index (χ1v) is 9.75. The number of hydrogen-bond acceptors (Lipinski definition) is 3. The molecule has 2 heterocycles. The van der Waals surface area contributed by atoms with Crippen molar-refractivity contribution in [3.63, 3.8) is 0 Å². The molecule has 1 N–H and O–H groups in total. The van der Waals surface area contributed by atoms with Gasteiger partial charge in [0.2, 0.25) is 5.78 Å². The summed E-state index contributed by atoms with van der Waals surface area (Å²) in [7, 11) is 0. The standard InChI is InChI=1S/C25H20FN3O2/c1-16-6-8-19(9-7-16)25(31)28-27-15-21-17(2)23(29-14-4-3-5-22(21)29)24(30)18-10-12-20(26)13-11-18/h3-15H,1-2H3,(H,28,31)/b27-15-. The van der Waals surface area contributed by atoms with Crippen molar-refractivity contribution in [2.45, 2.75) is 13.8 Å². The van der Waals surface area contributed by atoms with Crippen molar-refractivity contribution < 1.29 is 14.0 Å². The second-order valence-electron chi connectivity index (χ2n) is 7.24. The van der Waals surface area contributed by atoms with Crippen molar-refractivity contribution in [3.8, 4) is 0 Å². The summed E-state index contributed by atoms with van der Waals surface area (Å²) in [6, 6.07) is 18.2. The second kappa shape index (κ2) is 8.36. The van der Waals surface area contributed by atoms with Gasteiger partial charge in [-0.3, -0.25) is 9.59 Å². The molecule has 0 unspecified atom stereocenters. The third-order valence-corrected chi connectivity index (χ3v) is 5.13. The summed E-state index contributed by atoms with van der Waals surface area (Å²) in [6.45, 7) is 3.78. The zero-order valence-corrected chi connectivity index (χ0v) is 17.1. The highest BCUT2D eigenvalue weighted by molar-refractivity contribution is 6.12. The lowest BCUT2D eigenvalue weighted by Gasteiger charge is -2.04. The normalized spacial score (nSPS) is 11.2. The monoisotopic (exact) mass is 413 g/mol. The van der Waals surface area contributed by atoms with Crippen molar-refractivity contribution in [1.82, 2.24) is 9.83 Å². The third-order valence-electron chi connectivity index (χ3n) is 5.13. The predicted molar refractivity (Wildman–Crippen MR) is 118 cm³/mol. The Balaban J connectivity index is 1.67. The molecule has 2 aromatic heterocycles. The van der Waals surface area contributed by atoms with Gasteiger partial charge in [0.05, 0.1) is 17.4 Å². The summed E-state index contributed by atoms with van der Waals surface area (Å²) in [5.41, 5.74) is 7.17. The summed E-state index contributed by atoms with van der Waals surface area (Å²) in [4.78, 5) is 25.4. The number of pyridine rings is 1. The molecule has 0 atom stereocenters. The minimum atomic E-state index is -0.398. The van der Waals surface area contributed by atoms with Crippen LogP contribution in [0.5, 0.6) is 0 Å². The molecule has 0 radical (unpaired) electrons. The number of halogens is 1. The third kappa shape index (κ3) is 4.00. The number of carbonyl (C=O) groups excluding carboxylic acids is 2. The van der Waals surface area contributed by atoms with Gasteiger partial charge in [-0.05, 0) is 67.9 Å². The Morgan fingerprint density at radius 3 is 2.32 bits per heavy atom. The second-order valence-corrected chi connectivity index (χ2v) is 7.24. The number of hydrogen-bond donors (Lipinski definition) is 1. The zero-order chi connectivity index (χ0) is 22.0. The number of nitrogens with one attached hydrogen (secondary N) is 1. The lowest BCUT2D eigenvalue weighted by atomic mass is 10.0. The molecule has 0 aliphatic rings. The van der Waals surface area contributed by atoms with Crippen LogP contribution in [0.25, 0.3) is 5.52 Å². The highest BCUT2D eigenvalue weighted by Crippen LogP contribution is 2.24. The minimum absolute atomic E-state index is 0.220. The minimum Gasteiger partial charge on any atom is -0.313 e. The van der Waals surface area contributed by atoms with Crippen LogP contribution in [0.2, 0.25) is 0 Å². The average Bonchev–Trinajstić information content (AvgIpc) is 3.05. The van der Waals surface area contributed by atoms with Gasteiger partial charge in [-0.1, -0.05) is 23.8 Å². The number of aromatic nitrogens is 1. The Kier molecular flexibility index (Phi) is 5.45. The van der Waals surface area contributed by atoms with Gasteiger partial charge < -0.3 is 4.40 Å². The van der Waals surface area contributed by atoms with E-state index in [0.717, 1.165) is 16.6 Å². The molecule has 154 valence electrons. The Morgan fingerprint density at radius 1 is 0.935 bits per heavy atom. The number of carbonyl (C=O) groups is 2. The van der Waals surface area contributed by atoms with Crippen LogP contribution >= 0.6 is 0 Å². The molecule has 2 aromatic carbocycles. The van der Waals surface area contributed by atoms with E-state index >= 15 is 0 Å². The van der Waals surface area contributed by atoms with Crippen LogP contribution in [-0.4, -0.2) is 22.3 Å². The summed E-state index contributed by atoms with van der Waals surface area (Å²) in [5, 5.41) is 4.11. The molecule has 31 heavy (non-hydrogen) atoms. The fourth-order valence-corrected chi connectivity index (χ4v) is 3.46. The quantitative estimate of drug-likeness (QED) is 0.293. The number of rotatable bonds is 5. The number of hydrazone groups is 1. The molecule has 0 aliphatic heterocycles. The average molecular weight is 413 g/mol. The smallest absolute Gasteiger partial charge is 0.271 e. The van der Waals surface area contributed by atoms with E-state index in [9.17, 15) is 14.0 Å². The number of aryl methyl sites for hydroxylation is 1. The highest BCUT2D eigenvalue weighted by Gasteiger charge is 2.21. The summed E-state index contributed by atoms with van der Waals surface area (Å²) in [5.74, 6) is -0.937. The number of fused-ring (bicyclic) bond motifs is 1. The first-order chi connectivity index (χ1) is 15.0. The van der Waals surface area contributed by atoms with Crippen LogP contribution in [0, 0.1) is 19.7 Å². The molecule has 0 saturated heterocycles. The molecule has 0 saturated carbocycles. The first kappa shape index (κ1) is 20.2. The molecular weight excluding hydrogens is 393 g/mol. The molecule has 4 rings (SSSR count). The summed E-state index contributed by atoms with van der Waals surface area (Å²) >= 11 is 0. The van der Waals surface area contributed by atoms with Crippen molar-refractivity contribution >= 4 is 23.4 Å². The highest BCUT2D eigenvalue weighted by atomic mass is 19.1. The van der Waals surface area contributed by atoms with Crippen molar-refractivity contribution in [2.75, 3.05) is 0 Å². The maximum atomic E-state index is 13.3. The van der Waals surface area contributed by atoms with Gasteiger partial charge in [0.15, 0.2) is 0 Å². The van der Waals surface area contributed by atoms with Gasteiger partial charge in [0.25, 0.3) is 5.91 Å². The van der Waals surface area contributed by atoms with E-state index in [0.29, 0.717) is 22.4 Å². The van der Waals surface area contributed by atoms with E-state index in [1.54, 1.807) is 22.7 Å². The lowest BCUT2D eigenvalue weighted by Crippen LogP contribution is -2.17. The SMILES string of the molecule is Cc1ccc(C(=O)N/N=C\c2c(C)c(C(=O)c3ccc(F)cc3)n3ccccc23)cc1. The Hall–Kier alpha value is -4.06. The van der Waals surface area contributed by atoms with E-state index in [-0.39, 0.29) is 11.7 Å². The van der Waals surface area contributed by atoms with Crippen LogP contribution < -0.4 is 5.43 Å². The summed E-state index contributed by atoms with van der Waals surface area (Å²) < 4.78 is 15.0. The van der Waals surface area contributed by atoms with E-state index in [1.807, 2.05) is 44.2 Å². The Morgan fingerprint density at radius 2 is 1.61 bits per heavy atom. The number of ketones is 1. The maximum absolute atomic E-state index is 13.3. The number of nitrogens with zero attached hydrogens (tertiary/aromatic N) is 2. The predicted octanol–water partition coefficient (Wildman–Crippen LogP) is 4.69. The number of benzene rings is 2. The van der Waals surface area contributed by atoms with Crippen LogP contribution in [0.1, 0.15) is 43.1 Å². The van der Waals surface area contributed by atoms with Crippen molar-refractivity contribution in [3.05, 3.63) is 112 Å². The summed E-state index contributed by atoms with van der Waals surface area (Å²) in [6.07, 6.45) is 3.33. The topological polar surface area (TPSA) is 62.9 Å². The Bertz CT molecular complexity index is 1300. The molecule has 0 fully saturated rings. The lowest BCUT2D eigenvalue weighted by molar-refractivity contribution is 0.0954. The fourth-order valence-electron chi connectivity index (χ4n) is 3.46. The van der Waals surface area contributed by atoms with Crippen LogP contribution in [0.4, 0.5) is 4.39 Å². The maximum Gasteiger partial charge on any atom is 0.271 e. The van der Waals surface area contributed by atoms with E-state index < -0.39 is 5.82 Å². The van der Waals surface area contributed by atoms with Crippen molar-refractivity contribution in [1.29, 1.82) is 0 Å². The van der Waals surface area contributed by atoms with Crippen molar-refractivity contribution in [2.24, 2.45) is 5.10 Å². The van der Waals surface area contributed by atoms with Gasteiger partial charge in [0.1, 0.15) is 5.82 Å². The van der Waals surface area contributed by atoms with Crippen LogP contribution in [0.15, 0.2) is 78.0 Å². The molecular formula is C25H20FN3O2. The molecule has 0 bridgehead atoms. The molecule has 4 aromatic rings. The molecule has 6 heteroatoms. The van der Waals surface area contributed by atoms with Gasteiger partial charge in [-0.2, -0.15) is 5.10 Å². The van der Waals surface area contributed by atoms with Crippen LogP contribution in [0.3, 0.4) is 0 Å². The van der Waals surface area contributed by atoms with Gasteiger partial charge in [0, 0.05) is 22.9 Å². The number of amides is 1. The largest absolute Gasteiger partial charge is 0.313 e. The van der Waals surface area contributed by atoms with E-state index in [1.165, 1.54) is 30.5 Å². The van der Waals surface area contributed by atoms with Gasteiger partial charge >= 0.3 is 0 Å². The molecule has 1 amide bonds. The molecule has 0 aliphatic carbocycles. The van der Waals surface area contributed by atoms with Gasteiger partial charge in [-0.25, -0.2) is 9.82 Å². The fraction of sp³-hybridized carbons (Fsp3) is 0.0800. The first-order valence-electron chi connectivity index (χ1n) is 9.75. The van der Waals surface area contributed by atoms with Crippen LogP contribution in [-0.2, 0) is 0 Å².